The Hall–Kier alpha value is -4.57. The number of nitrogens with zero attached hydrogens (tertiary/aromatic N) is 5. The van der Waals surface area contributed by atoms with Gasteiger partial charge in [-0.3, -0.25) is 9.69 Å². The summed E-state index contributed by atoms with van der Waals surface area (Å²) in [5.41, 5.74) is 4.79. The van der Waals surface area contributed by atoms with Gasteiger partial charge in [-0.2, -0.15) is 0 Å². The van der Waals surface area contributed by atoms with Gasteiger partial charge in [-0.15, -0.1) is 0 Å². The molecule has 5 rings (SSSR count). The first kappa shape index (κ1) is 28.9. The van der Waals surface area contributed by atoms with Crippen LogP contribution in [0, 0.1) is 6.92 Å². The molecule has 3 heterocycles. The van der Waals surface area contributed by atoms with E-state index in [1.807, 2.05) is 80.9 Å². The van der Waals surface area contributed by atoms with E-state index in [9.17, 15) is 9.59 Å². The van der Waals surface area contributed by atoms with Crippen LogP contribution in [0.15, 0.2) is 73.4 Å². The molecule has 0 spiro atoms. The van der Waals surface area contributed by atoms with E-state index >= 15 is 0 Å². The Balaban J connectivity index is 1.34. The predicted octanol–water partition coefficient (Wildman–Crippen LogP) is 5.38. The molecular weight excluding hydrogens is 530 g/mol. The summed E-state index contributed by atoms with van der Waals surface area (Å²) in [5, 5.41) is 6.05. The summed E-state index contributed by atoms with van der Waals surface area (Å²) in [6.07, 6.45) is 6.58. The number of carbonyl (C=O) groups excluding carboxylic acids is 2. The summed E-state index contributed by atoms with van der Waals surface area (Å²) in [4.78, 5) is 40.9. The van der Waals surface area contributed by atoms with E-state index in [1.54, 1.807) is 12.4 Å². The van der Waals surface area contributed by atoms with Gasteiger partial charge in [0.15, 0.2) is 0 Å². The lowest BCUT2D eigenvalue weighted by molar-refractivity contribution is 0.0470. The highest BCUT2D eigenvalue weighted by atomic mass is 16.6. The number of ether oxygens (including phenoxy) is 1. The molecule has 1 aliphatic heterocycles. The van der Waals surface area contributed by atoms with Crippen molar-refractivity contribution >= 4 is 17.7 Å². The van der Waals surface area contributed by atoms with Crippen LogP contribution in [0.25, 0.3) is 16.9 Å². The van der Waals surface area contributed by atoms with Crippen LogP contribution in [0.3, 0.4) is 0 Å². The van der Waals surface area contributed by atoms with Crippen molar-refractivity contribution in [3.63, 3.8) is 0 Å². The van der Waals surface area contributed by atoms with Gasteiger partial charge in [0.05, 0.1) is 17.7 Å². The third-order valence-corrected chi connectivity index (χ3v) is 6.85. The Morgan fingerprint density at radius 1 is 1.05 bits per heavy atom. The standard InChI is InChI=1S/C32H37N7O3/c1-22-17-39(21-35-22)27-14-23(18-38-12-8-11-25(19-38)37-31(41)42-32(2,3)4)13-26(15-27)36-30(40)29-16-28(33-20-34-29)24-9-6-5-7-10-24/h5-7,9-10,13-17,20-21,25H,8,11-12,18-19H2,1-4H3,(H,36,40)(H,37,41)/t25-/m0/s1. The second kappa shape index (κ2) is 12.5. The van der Waals surface area contributed by atoms with Crippen LogP contribution < -0.4 is 10.6 Å². The van der Waals surface area contributed by atoms with Gasteiger partial charge < -0.3 is 19.9 Å². The number of imidazole rings is 1. The Kier molecular flexibility index (Phi) is 8.63. The molecule has 1 aliphatic rings. The Morgan fingerprint density at radius 2 is 1.86 bits per heavy atom. The number of nitrogens with one attached hydrogen (secondary N) is 2. The minimum Gasteiger partial charge on any atom is -0.444 e. The maximum absolute atomic E-state index is 13.3. The third-order valence-electron chi connectivity index (χ3n) is 6.85. The maximum atomic E-state index is 13.3. The van der Waals surface area contributed by atoms with Gasteiger partial charge in [-0.1, -0.05) is 30.3 Å². The van der Waals surface area contributed by atoms with E-state index < -0.39 is 11.7 Å². The van der Waals surface area contributed by atoms with Gasteiger partial charge in [0.2, 0.25) is 0 Å². The molecule has 1 atom stereocenters. The van der Waals surface area contributed by atoms with E-state index in [0.29, 0.717) is 24.5 Å². The minimum atomic E-state index is -0.541. The molecule has 0 bridgehead atoms. The number of piperidine rings is 1. The molecule has 1 fully saturated rings. The maximum Gasteiger partial charge on any atom is 0.407 e. The number of anilines is 1. The normalized spacial score (nSPS) is 15.7. The molecule has 0 radical (unpaired) electrons. The molecule has 2 aromatic heterocycles. The van der Waals surface area contributed by atoms with Crippen LogP contribution in [0.5, 0.6) is 0 Å². The van der Waals surface area contributed by atoms with Crippen LogP contribution in [-0.4, -0.2) is 61.2 Å². The predicted molar refractivity (Wildman–Crippen MR) is 161 cm³/mol. The number of aryl methyl sites for hydroxylation is 1. The first-order chi connectivity index (χ1) is 20.1. The zero-order valence-corrected chi connectivity index (χ0v) is 24.5. The largest absolute Gasteiger partial charge is 0.444 e. The Morgan fingerprint density at radius 3 is 2.60 bits per heavy atom. The van der Waals surface area contributed by atoms with E-state index in [0.717, 1.165) is 41.9 Å². The van der Waals surface area contributed by atoms with Crippen molar-refractivity contribution in [1.82, 2.24) is 29.7 Å². The van der Waals surface area contributed by atoms with Crippen molar-refractivity contribution in [3.8, 4) is 16.9 Å². The summed E-state index contributed by atoms with van der Waals surface area (Å²) >= 11 is 0. The Labute approximate surface area is 246 Å². The van der Waals surface area contributed by atoms with E-state index in [1.165, 1.54) is 6.33 Å². The number of alkyl carbamates (subject to hydrolysis) is 1. The van der Waals surface area contributed by atoms with Crippen LogP contribution in [-0.2, 0) is 11.3 Å². The number of carbonyl (C=O) groups is 2. The van der Waals surface area contributed by atoms with Gasteiger partial charge in [0.25, 0.3) is 5.91 Å². The topological polar surface area (TPSA) is 114 Å². The van der Waals surface area contributed by atoms with Gasteiger partial charge in [-0.05, 0) is 76.9 Å². The van der Waals surface area contributed by atoms with Gasteiger partial charge in [0.1, 0.15) is 17.6 Å². The Bertz CT molecular complexity index is 1550. The lowest BCUT2D eigenvalue weighted by atomic mass is 10.0. The van der Waals surface area contributed by atoms with Crippen LogP contribution in [0.4, 0.5) is 10.5 Å². The van der Waals surface area contributed by atoms with E-state index in [4.69, 9.17) is 4.74 Å². The lowest BCUT2D eigenvalue weighted by Gasteiger charge is -2.33. The average Bonchev–Trinajstić information content (AvgIpc) is 3.39. The number of benzene rings is 2. The summed E-state index contributed by atoms with van der Waals surface area (Å²) in [5.74, 6) is -0.320. The zero-order chi connectivity index (χ0) is 29.7. The minimum absolute atomic E-state index is 0.00355. The number of amides is 2. The van der Waals surface area contributed by atoms with Crippen LogP contribution in [0.2, 0.25) is 0 Å². The quantitative estimate of drug-likeness (QED) is 0.308. The first-order valence-corrected chi connectivity index (χ1v) is 14.2. The molecule has 10 nitrogen and oxygen atoms in total. The summed E-state index contributed by atoms with van der Waals surface area (Å²) < 4.78 is 7.40. The molecular formula is C32H37N7O3. The van der Waals surface area contributed by atoms with E-state index in [2.05, 4.69) is 36.6 Å². The van der Waals surface area contributed by atoms with E-state index in [-0.39, 0.29) is 17.6 Å². The molecule has 2 N–H and O–H groups in total. The van der Waals surface area contributed by atoms with Crippen LogP contribution >= 0.6 is 0 Å². The molecule has 0 unspecified atom stereocenters. The highest BCUT2D eigenvalue weighted by molar-refractivity contribution is 6.03. The molecule has 4 aromatic rings. The molecule has 42 heavy (non-hydrogen) atoms. The second-order valence-electron chi connectivity index (χ2n) is 11.6. The first-order valence-electron chi connectivity index (χ1n) is 14.2. The second-order valence-corrected chi connectivity index (χ2v) is 11.6. The lowest BCUT2D eigenvalue weighted by Crippen LogP contribution is -2.48. The fourth-order valence-electron chi connectivity index (χ4n) is 5.04. The number of aromatic nitrogens is 4. The zero-order valence-electron chi connectivity index (χ0n) is 24.5. The summed E-state index contributed by atoms with van der Waals surface area (Å²) in [6, 6.07) is 17.4. The third kappa shape index (κ3) is 7.79. The molecule has 0 aliphatic carbocycles. The molecule has 1 saturated heterocycles. The SMILES string of the molecule is Cc1cn(-c2cc(CN3CCC[C@H](NC(=O)OC(C)(C)C)C3)cc(NC(=O)c3cc(-c4ccccc4)ncn3)c2)cn1. The number of rotatable bonds is 7. The summed E-state index contributed by atoms with van der Waals surface area (Å²) in [7, 11) is 0. The average molecular weight is 568 g/mol. The van der Waals surface area contributed by atoms with Crippen molar-refractivity contribution in [2.24, 2.45) is 0 Å². The molecule has 2 aromatic carbocycles. The fraction of sp³-hybridized carbons (Fsp3) is 0.344. The number of likely N-dealkylation sites (tertiary alicyclic amines) is 1. The van der Waals surface area contributed by atoms with Gasteiger partial charge in [0, 0.05) is 42.3 Å². The smallest absolute Gasteiger partial charge is 0.407 e. The molecule has 10 heteroatoms. The monoisotopic (exact) mass is 567 g/mol. The fourth-order valence-corrected chi connectivity index (χ4v) is 5.04. The van der Waals surface area contributed by atoms with Gasteiger partial charge in [-0.25, -0.2) is 19.7 Å². The highest BCUT2D eigenvalue weighted by Crippen LogP contribution is 2.23. The number of hydrogen-bond acceptors (Lipinski definition) is 7. The van der Waals surface area contributed by atoms with Crippen molar-refractivity contribution in [2.75, 3.05) is 18.4 Å². The van der Waals surface area contributed by atoms with Crippen molar-refractivity contribution in [1.29, 1.82) is 0 Å². The van der Waals surface area contributed by atoms with Crippen molar-refractivity contribution in [3.05, 3.63) is 90.4 Å². The van der Waals surface area contributed by atoms with Gasteiger partial charge >= 0.3 is 6.09 Å². The van der Waals surface area contributed by atoms with Crippen molar-refractivity contribution in [2.45, 2.75) is 58.7 Å². The van der Waals surface area contributed by atoms with Crippen LogP contribution in [0.1, 0.15) is 55.4 Å². The van der Waals surface area contributed by atoms with Crippen molar-refractivity contribution < 1.29 is 14.3 Å². The molecule has 218 valence electrons. The molecule has 0 saturated carbocycles. The number of hydrogen-bond donors (Lipinski definition) is 2. The molecule has 2 amide bonds. The highest BCUT2D eigenvalue weighted by Gasteiger charge is 2.24. The summed E-state index contributed by atoms with van der Waals surface area (Å²) in [6.45, 7) is 9.79.